The molecule has 4 fully saturated rings. The lowest BCUT2D eigenvalue weighted by atomic mass is 9.77. The van der Waals surface area contributed by atoms with Crippen molar-refractivity contribution in [2.45, 2.75) is 82.4 Å². The lowest BCUT2D eigenvalue weighted by Gasteiger charge is -2.34. The molecule has 4 aliphatic rings. The SMILES string of the molecule is CC1CCC(F)C2CC(C(=O)NC3CCCC(C4NCCO4)C3)NC12. The van der Waals surface area contributed by atoms with E-state index in [0.717, 1.165) is 45.3 Å². The van der Waals surface area contributed by atoms with E-state index < -0.39 is 6.17 Å². The fourth-order valence-electron chi connectivity index (χ4n) is 5.48. The normalized spacial score (nSPS) is 47.4. The molecular formula is C19H32FN3O2. The standard InChI is InChI=1S/C19H32FN3O2/c1-11-5-6-15(20)14-10-16(23-17(11)14)18(24)22-13-4-2-3-12(9-13)19-21-7-8-25-19/h11-17,19,21,23H,2-10H2,1H3,(H,22,24). The Balaban J connectivity index is 1.31. The first-order valence-corrected chi connectivity index (χ1v) is 10.2. The number of nitrogens with one attached hydrogen (secondary N) is 3. The summed E-state index contributed by atoms with van der Waals surface area (Å²) in [4.78, 5) is 12.8. The second-order valence-electron chi connectivity index (χ2n) is 8.59. The highest BCUT2D eigenvalue weighted by atomic mass is 19.1. The van der Waals surface area contributed by atoms with Crippen LogP contribution in [0.15, 0.2) is 0 Å². The molecule has 0 radical (unpaired) electrons. The van der Waals surface area contributed by atoms with Gasteiger partial charge < -0.3 is 15.4 Å². The molecule has 142 valence electrons. The fraction of sp³-hybridized carbons (Fsp3) is 0.947. The summed E-state index contributed by atoms with van der Waals surface area (Å²) in [7, 11) is 0. The first-order chi connectivity index (χ1) is 12.1. The monoisotopic (exact) mass is 353 g/mol. The average molecular weight is 353 g/mol. The molecule has 2 aliphatic heterocycles. The van der Waals surface area contributed by atoms with Crippen LogP contribution in [0.2, 0.25) is 0 Å². The van der Waals surface area contributed by atoms with Crippen molar-refractivity contribution in [3.63, 3.8) is 0 Å². The molecule has 0 aromatic rings. The van der Waals surface area contributed by atoms with Gasteiger partial charge in [-0.3, -0.25) is 10.1 Å². The van der Waals surface area contributed by atoms with E-state index in [4.69, 9.17) is 4.74 Å². The van der Waals surface area contributed by atoms with Crippen LogP contribution >= 0.6 is 0 Å². The van der Waals surface area contributed by atoms with Gasteiger partial charge in [0, 0.05) is 30.5 Å². The van der Waals surface area contributed by atoms with Crippen molar-refractivity contribution in [2.75, 3.05) is 13.2 Å². The molecule has 2 heterocycles. The predicted octanol–water partition coefficient (Wildman–Crippen LogP) is 1.72. The Morgan fingerprint density at radius 2 is 2.08 bits per heavy atom. The number of amides is 1. The summed E-state index contributed by atoms with van der Waals surface area (Å²) in [6.07, 6.45) is 5.92. The van der Waals surface area contributed by atoms with Gasteiger partial charge in [0.05, 0.1) is 12.6 Å². The minimum Gasteiger partial charge on any atom is -0.362 e. The fourth-order valence-corrected chi connectivity index (χ4v) is 5.48. The second-order valence-corrected chi connectivity index (χ2v) is 8.59. The quantitative estimate of drug-likeness (QED) is 0.723. The molecule has 0 bridgehead atoms. The first-order valence-electron chi connectivity index (χ1n) is 10.2. The molecule has 5 nitrogen and oxygen atoms in total. The van der Waals surface area contributed by atoms with E-state index in [2.05, 4.69) is 22.9 Å². The van der Waals surface area contributed by atoms with Crippen LogP contribution in [0.5, 0.6) is 0 Å². The number of hydrogen-bond donors (Lipinski definition) is 3. The maximum atomic E-state index is 14.2. The van der Waals surface area contributed by atoms with E-state index in [-0.39, 0.29) is 36.2 Å². The number of fused-ring (bicyclic) bond motifs is 1. The third kappa shape index (κ3) is 3.71. The van der Waals surface area contributed by atoms with Crippen LogP contribution in [0.1, 0.15) is 51.9 Å². The van der Waals surface area contributed by atoms with E-state index in [1.807, 2.05) is 0 Å². The zero-order valence-electron chi connectivity index (χ0n) is 15.2. The molecule has 3 N–H and O–H groups in total. The molecule has 0 aromatic carbocycles. The summed E-state index contributed by atoms with van der Waals surface area (Å²) in [5.41, 5.74) is 0. The lowest BCUT2D eigenvalue weighted by Crippen LogP contribution is -2.50. The zero-order chi connectivity index (χ0) is 17.4. The summed E-state index contributed by atoms with van der Waals surface area (Å²) < 4.78 is 20.0. The molecule has 8 unspecified atom stereocenters. The van der Waals surface area contributed by atoms with Crippen molar-refractivity contribution in [1.29, 1.82) is 0 Å². The van der Waals surface area contributed by atoms with Crippen LogP contribution in [-0.4, -0.2) is 49.6 Å². The smallest absolute Gasteiger partial charge is 0.237 e. The van der Waals surface area contributed by atoms with Gasteiger partial charge in [-0.05, 0) is 44.4 Å². The van der Waals surface area contributed by atoms with Crippen LogP contribution < -0.4 is 16.0 Å². The van der Waals surface area contributed by atoms with Gasteiger partial charge in [0.15, 0.2) is 0 Å². The molecule has 4 rings (SSSR count). The van der Waals surface area contributed by atoms with E-state index in [1.165, 1.54) is 0 Å². The molecular weight excluding hydrogens is 321 g/mol. The Morgan fingerprint density at radius 3 is 2.84 bits per heavy atom. The van der Waals surface area contributed by atoms with Gasteiger partial charge >= 0.3 is 0 Å². The molecule has 0 spiro atoms. The van der Waals surface area contributed by atoms with Crippen molar-refractivity contribution in [2.24, 2.45) is 17.8 Å². The topological polar surface area (TPSA) is 62.4 Å². The average Bonchev–Trinajstić information content (AvgIpc) is 3.28. The van der Waals surface area contributed by atoms with Gasteiger partial charge in [-0.15, -0.1) is 0 Å². The maximum Gasteiger partial charge on any atom is 0.237 e. The Hall–Kier alpha value is -0.720. The molecule has 8 atom stereocenters. The summed E-state index contributed by atoms with van der Waals surface area (Å²) in [5, 5.41) is 10.1. The molecule has 25 heavy (non-hydrogen) atoms. The molecule has 0 aromatic heterocycles. The largest absolute Gasteiger partial charge is 0.362 e. The summed E-state index contributed by atoms with van der Waals surface area (Å²) in [6, 6.07) is 0.157. The van der Waals surface area contributed by atoms with Gasteiger partial charge in [-0.1, -0.05) is 13.3 Å². The number of ether oxygens (including phenoxy) is 1. The molecule has 6 heteroatoms. The Bertz CT molecular complexity index is 467. The van der Waals surface area contributed by atoms with E-state index in [0.29, 0.717) is 24.7 Å². The molecule has 2 saturated heterocycles. The predicted molar refractivity (Wildman–Crippen MR) is 93.7 cm³/mol. The van der Waals surface area contributed by atoms with Gasteiger partial charge in [0.1, 0.15) is 12.4 Å². The van der Waals surface area contributed by atoms with Crippen molar-refractivity contribution in [3.05, 3.63) is 0 Å². The van der Waals surface area contributed by atoms with Gasteiger partial charge in [-0.2, -0.15) is 0 Å². The number of rotatable bonds is 3. The Kier molecular flexibility index (Phi) is 5.30. The van der Waals surface area contributed by atoms with Crippen molar-refractivity contribution >= 4 is 5.91 Å². The highest BCUT2D eigenvalue weighted by Crippen LogP contribution is 2.38. The maximum absolute atomic E-state index is 14.2. The van der Waals surface area contributed by atoms with Crippen molar-refractivity contribution in [1.82, 2.24) is 16.0 Å². The molecule has 2 saturated carbocycles. The van der Waals surface area contributed by atoms with E-state index >= 15 is 0 Å². The lowest BCUT2D eigenvalue weighted by molar-refractivity contribution is -0.124. The molecule has 2 aliphatic carbocycles. The van der Waals surface area contributed by atoms with Crippen LogP contribution in [0.4, 0.5) is 4.39 Å². The number of carbonyl (C=O) groups is 1. The van der Waals surface area contributed by atoms with Crippen molar-refractivity contribution in [3.8, 4) is 0 Å². The van der Waals surface area contributed by atoms with Gasteiger partial charge in [0.25, 0.3) is 0 Å². The minimum atomic E-state index is -0.754. The first kappa shape index (κ1) is 17.7. The molecule has 1 amide bonds. The zero-order valence-corrected chi connectivity index (χ0v) is 15.2. The highest BCUT2D eigenvalue weighted by Gasteiger charge is 2.46. The Labute approximate surface area is 149 Å². The number of alkyl halides is 1. The van der Waals surface area contributed by atoms with Crippen LogP contribution in [0.3, 0.4) is 0 Å². The number of hydrogen-bond acceptors (Lipinski definition) is 4. The van der Waals surface area contributed by atoms with Gasteiger partial charge in [-0.25, -0.2) is 4.39 Å². The van der Waals surface area contributed by atoms with Crippen molar-refractivity contribution < 1.29 is 13.9 Å². The number of carbonyl (C=O) groups excluding carboxylic acids is 1. The number of halogens is 1. The summed E-state index contributed by atoms with van der Waals surface area (Å²) >= 11 is 0. The van der Waals surface area contributed by atoms with Gasteiger partial charge in [0.2, 0.25) is 5.91 Å². The third-order valence-electron chi connectivity index (χ3n) is 6.89. The Morgan fingerprint density at radius 1 is 1.20 bits per heavy atom. The summed E-state index contributed by atoms with van der Waals surface area (Å²) in [6.45, 7) is 3.89. The third-order valence-corrected chi connectivity index (χ3v) is 6.89. The summed E-state index contributed by atoms with van der Waals surface area (Å²) in [5.74, 6) is 1.02. The van der Waals surface area contributed by atoms with Crippen LogP contribution in [0, 0.1) is 17.8 Å². The minimum absolute atomic E-state index is 0.00898. The van der Waals surface area contributed by atoms with Crippen LogP contribution in [-0.2, 0) is 9.53 Å². The second kappa shape index (κ2) is 7.49. The highest BCUT2D eigenvalue weighted by molar-refractivity contribution is 5.82. The van der Waals surface area contributed by atoms with E-state index in [1.54, 1.807) is 0 Å². The van der Waals surface area contributed by atoms with Crippen LogP contribution in [0.25, 0.3) is 0 Å². The van der Waals surface area contributed by atoms with E-state index in [9.17, 15) is 9.18 Å².